The summed E-state index contributed by atoms with van der Waals surface area (Å²) in [5.74, 6) is -2.61. The molecule has 0 aliphatic carbocycles. The number of anilines is 1. The zero-order valence-corrected chi connectivity index (χ0v) is 31.4. The number of methoxy groups -OCH3 is 1. The number of carbonyl (C=O) groups excluding carboxylic acids is 3. The van der Waals surface area contributed by atoms with Gasteiger partial charge in [-0.1, -0.05) is 67.1 Å². The van der Waals surface area contributed by atoms with Gasteiger partial charge in [-0.2, -0.15) is 0 Å². The van der Waals surface area contributed by atoms with Crippen LogP contribution in [-0.4, -0.2) is 56.6 Å². The number of halogens is 3. The van der Waals surface area contributed by atoms with Gasteiger partial charge in [0.05, 0.1) is 6.04 Å². The minimum Gasteiger partial charge on any atom is -0.459 e. The summed E-state index contributed by atoms with van der Waals surface area (Å²) in [7, 11) is 0.961. The first-order chi connectivity index (χ1) is 22.4. The number of fused-ring (bicyclic) bond motifs is 2. The van der Waals surface area contributed by atoms with E-state index in [1.54, 1.807) is 77.3 Å². The van der Waals surface area contributed by atoms with Gasteiger partial charge in [0.2, 0.25) is 11.8 Å². The van der Waals surface area contributed by atoms with E-state index in [1.807, 2.05) is 6.07 Å². The molecule has 1 N–H and O–H groups in total. The van der Waals surface area contributed by atoms with Gasteiger partial charge in [-0.25, -0.2) is 4.39 Å². The average Bonchev–Trinajstić information content (AvgIpc) is 3.25. The van der Waals surface area contributed by atoms with Crippen molar-refractivity contribution in [3.8, 4) is 0 Å². The summed E-state index contributed by atoms with van der Waals surface area (Å²) in [6, 6.07) is 16.6. The van der Waals surface area contributed by atoms with Gasteiger partial charge >= 0.3 is 5.97 Å². The molecule has 3 aromatic rings. The molecule has 1 saturated heterocycles. The molecule has 0 bridgehead atoms. The molecule has 2 heterocycles. The van der Waals surface area contributed by atoms with Crippen LogP contribution in [0.3, 0.4) is 0 Å². The molecule has 0 unspecified atom stereocenters. The molecular weight excluding hydrogens is 670 g/mol. The van der Waals surface area contributed by atoms with E-state index < -0.39 is 49.4 Å². The van der Waals surface area contributed by atoms with E-state index in [4.69, 9.17) is 32.7 Å². The number of nitrogens with zero attached hydrogens (tertiary/aromatic N) is 1. The molecule has 3 atom stereocenters. The molecule has 0 saturated carbocycles. The Hall–Kier alpha value is -3.24. The third-order valence-corrected chi connectivity index (χ3v) is 10.8. The number of amides is 2. The van der Waals surface area contributed by atoms with E-state index in [1.165, 1.54) is 23.1 Å². The number of piperidine rings is 1. The molecule has 2 aliphatic heterocycles. The smallest absolute Gasteiger partial charge is 0.326 e. The number of carbonyl (C=O) groups is 3. The highest BCUT2D eigenvalue weighted by atomic mass is 35.5. The molecular formula is C37H45Cl2FN2O5Si. The number of aryl methyl sites for hydroxylation is 1. The van der Waals surface area contributed by atoms with E-state index in [2.05, 4.69) is 25.0 Å². The highest BCUT2D eigenvalue weighted by molar-refractivity contribution is 6.76. The van der Waals surface area contributed by atoms with Crippen LogP contribution >= 0.6 is 23.2 Å². The first-order valence-electron chi connectivity index (χ1n) is 16.0. The van der Waals surface area contributed by atoms with Crippen molar-refractivity contribution in [3.05, 3.63) is 98.8 Å². The SMILES string of the molecule is COCC[Si](C)(C)C.Cc1ccc(F)cc1[C@H]1N(CC(=O)OC(C)(C)C)C(=O)C[C@@H](c2cccc(Cl)c2)[C@]12C(=O)Nc1cc(Cl)ccc12. The van der Waals surface area contributed by atoms with Crippen LogP contribution in [0, 0.1) is 12.7 Å². The summed E-state index contributed by atoms with van der Waals surface area (Å²) < 4.78 is 25.4. The molecule has 11 heteroatoms. The Bertz CT molecular complexity index is 1690. The summed E-state index contributed by atoms with van der Waals surface area (Å²) >= 11 is 12.7. The molecule has 1 fully saturated rings. The highest BCUT2D eigenvalue weighted by Crippen LogP contribution is 2.60. The van der Waals surface area contributed by atoms with Gasteiger partial charge in [-0.05, 0) is 92.4 Å². The van der Waals surface area contributed by atoms with Crippen LogP contribution in [0.25, 0.3) is 0 Å². The Labute approximate surface area is 294 Å². The van der Waals surface area contributed by atoms with Crippen LogP contribution in [0.4, 0.5) is 10.1 Å². The monoisotopic (exact) mass is 714 g/mol. The largest absolute Gasteiger partial charge is 0.459 e. The Morgan fingerprint density at radius 3 is 2.33 bits per heavy atom. The Morgan fingerprint density at radius 1 is 1.04 bits per heavy atom. The molecule has 48 heavy (non-hydrogen) atoms. The lowest BCUT2D eigenvalue weighted by Crippen LogP contribution is -2.59. The summed E-state index contributed by atoms with van der Waals surface area (Å²) in [6.45, 7) is 14.6. The van der Waals surface area contributed by atoms with Gasteiger partial charge in [-0.15, -0.1) is 0 Å². The van der Waals surface area contributed by atoms with E-state index >= 15 is 0 Å². The van der Waals surface area contributed by atoms with Crippen molar-refractivity contribution in [2.24, 2.45) is 0 Å². The Kier molecular flexibility index (Phi) is 11.5. The normalized spacial score (nSPS) is 20.6. The van der Waals surface area contributed by atoms with Crippen molar-refractivity contribution >= 4 is 54.7 Å². The van der Waals surface area contributed by atoms with Crippen molar-refractivity contribution < 1.29 is 28.2 Å². The maximum absolute atomic E-state index is 14.9. The van der Waals surface area contributed by atoms with Crippen molar-refractivity contribution in [2.45, 2.75) is 82.8 Å². The second-order valence-electron chi connectivity index (χ2n) is 14.6. The fourth-order valence-electron chi connectivity index (χ4n) is 6.50. The quantitative estimate of drug-likeness (QED) is 0.196. The lowest BCUT2D eigenvalue weighted by atomic mass is 9.58. The summed E-state index contributed by atoms with van der Waals surface area (Å²) in [4.78, 5) is 42.9. The van der Waals surface area contributed by atoms with Crippen molar-refractivity contribution in [2.75, 3.05) is 25.6 Å². The molecule has 258 valence electrons. The van der Waals surface area contributed by atoms with Gasteiger partial charge in [0.25, 0.3) is 0 Å². The van der Waals surface area contributed by atoms with Crippen LogP contribution in [0.2, 0.25) is 35.7 Å². The fourth-order valence-corrected chi connectivity index (χ4v) is 7.69. The van der Waals surface area contributed by atoms with Crippen LogP contribution in [0.1, 0.15) is 61.4 Å². The molecule has 3 aromatic carbocycles. The van der Waals surface area contributed by atoms with Gasteiger partial charge in [0.1, 0.15) is 23.4 Å². The maximum Gasteiger partial charge on any atom is 0.326 e. The van der Waals surface area contributed by atoms with Crippen molar-refractivity contribution in [1.29, 1.82) is 0 Å². The number of benzene rings is 3. The van der Waals surface area contributed by atoms with E-state index in [9.17, 15) is 18.8 Å². The minimum absolute atomic E-state index is 0.0938. The van der Waals surface area contributed by atoms with Gasteiger partial charge < -0.3 is 19.7 Å². The molecule has 2 amide bonds. The van der Waals surface area contributed by atoms with Gasteiger partial charge in [0, 0.05) is 49.9 Å². The molecule has 5 rings (SSSR count). The zero-order chi connectivity index (χ0) is 35.6. The van der Waals surface area contributed by atoms with Crippen LogP contribution in [0.15, 0.2) is 60.7 Å². The lowest BCUT2D eigenvalue weighted by Gasteiger charge is -2.51. The number of hydrogen-bond acceptors (Lipinski definition) is 5. The van der Waals surface area contributed by atoms with Crippen LogP contribution in [0.5, 0.6) is 0 Å². The van der Waals surface area contributed by atoms with Crippen molar-refractivity contribution in [1.82, 2.24) is 4.90 Å². The highest BCUT2D eigenvalue weighted by Gasteiger charge is 2.64. The molecule has 1 spiro atoms. The van der Waals surface area contributed by atoms with E-state index in [0.717, 1.165) is 6.61 Å². The number of nitrogens with one attached hydrogen (secondary N) is 1. The molecule has 0 radical (unpaired) electrons. The fraction of sp³-hybridized carbons (Fsp3) is 0.432. The second kappa shape index (κ2) is 14.7. The number of esters is 1. The maximum atomic E-state index is 14.9. The van der Waals surface area contributed by atoms with Gasteiger partial charge in [-0.3, -0.25) is 14.4 Å². The predicted molar refractivity (Wildman–Crippen MR) is 192 cm³/mol. The summed E-state index contributed by atoms with van der Waals surface area (Å²) in [5.41, 5.74) is 0.609. The number of rotatable bonds is 7. The molecule has 2 aliphatic rings. The van der Waals surface area contributed by atoms with E-state index in [0.29, 0.717) is 38.0 Å². The number of ether oxygens (including phenoxy) is 2. The third kappa shape index (κ3) is 8.30. The zero-order valence-electron chi connectivity index (χ0n) is 28.9. The lowest BCUT2D eigenvalue weighted by molar-refractivity contribution is -0.164. The van der Waals surface area contributed by atoms with Crippen LogP contribution in [-0.2, 0) is 29.3 Å². The first kappa shape index (κ1) is 37.6. The number of likely N-dealkylation sites (tertiary alicyclic amines) is 1. The summed E-state index contributed by atoms with van der Waals surface area (Å²) in [6.07, 6.45) is -0.0938. The summed E-state index contributed by atoms with van der Waals surface area (Å²) in [5, 5.41) is 3.84. The first-order valence-corrected chi connectivity index (χ1v) is 20.5. The van der Waals surface area contributed by atoms with Crippen LogP contribution < -0.4 is 5.32 Å². The molecule has 7 nitrogen and oxygen atoms in total. The Balaban J connectivity index is 0.000000579. The standard InChI is InChI=1S/C31H29Cl2FN2O4.C6H16OSi/c1-17-8-10-21(34)14-22(17)28-31(23-11-9-20(33)13-25(23)35-29(31)39)24(18-6-5-7-19(32)12-18)15-26(37)36(28)16-27(38)40-30(2,3)4;1-7-5-6-8(2,3)4/h5-14,24,28H,15-16H2,1-4H3,(H,35,39);5-6H2,1-4H3/t24-,28+,31-;/m0./s1. The predicted octanol–water partition coefficient (Wildman–Crippen LogP) is 8.70. The van der Waals surface area contributed by atoms with Crippen molar-refractivity contribution in [3.63, 3.8) is 0 Å². The third-order valence-electron chi connectivity index (χ3n) is 8.61. The number of hydrogen-bond donors (Lipinski definition) is 1. The average molecular weight is 716 g/mol. The second-order valence-corrected chi connectivity index (χ2v) is 21.1. The Morgan fingerprint density at radius 2 is 1.73 bits per heavy atom. The van der Waals surface area contributed by atoms with E-state index in [-0.39, 0.29) is 18.2 Å². The van der Waals surface area contributed by atoms with Gasteiger partial charge in [0.15, 0.2) is 0 Å². The molecule has 0 aromatic heterocycles. The topological polar surface area (TPSA) is 84.9 Å². The minimum atomic E-state index is -1.45.